The first kappa shape index (κ1) is 15.5. The molecule has 122 valence electrons. The van der Waals surface area contributed by atoms with Crippen LogP contribution in [0.25, 0.3) is 0 Å². The highest BCUT2D eigenvalue weighted by molar-refractivity contribution is 5.84. The topological polar surface area (TPSA) is 58.2 Å². The Bertz CT molecular complexity index is 515. The van der Waals surface area contributed by atoms with Crippen LogP contribution in [0.4, 0.5) is 0 Å². The van der Waals surface area contributed by atoms with Gasteiger partial charge in [0.05, 0.1) is 11.6 Å². The summed E-state index contributed by atoms with van der Waals surface area (Å²) in [5.74, 6) is 1.54. The number of aromatic amines is 1. The van der Waals surface area contributed by atoms with Gasteiger partial charge in [0.15, 0.2) is 0 Å². The number of amides is 1. The Hall–Kier alpha value is -1.36. The maximum absolute atomic E-state index is 12.8. The lowest BCUT2D eigenvalue weighted by Gasteiger charge is -2.28. The SMILES string of the molecule is Cc1n[nH]c(C)c1C(C)C(=O)N1CCC(C2CCOCC2)C1. The molecule has 1 aromatic heterocycles. The van der Waals surface area contributed by atoms with Crippen LogP contribution in [-0.4, -0.2) is 47.3 Å². The molecule has 2 aliphatic heterocycles. The Morgan fingerprint density at radius 2 is 2.00 bits per heavy atom. The van der Waals surface area contributed by atoms with Crippen LogP contribution in [0.3, 0.4) is 0 Å². The van der Waals surface area contributed by atoms with E-state index in [9.17, 15) is 4.79 Å². The van der Waals surface area contributed by atoms with Gasteiger partial charge in [0, 0.05) is 37.6 Å². The molecular weight excluding hydrogens is 278 g/mol. The van der Waals surface area contributed by atoms with E-state index in [1.165, 1.54) is 0 Å². The third kappa shape index (κ3) is 2.91. The number of likely N-dealkylation sites (tertiary alicyclic amines) is 1. The van der Waals surface area contributed by atoms with Crippen LogP contribution in [0.2, 0.25) is 0 Å². The predicted octanol–water partition coefficient (Wildman–Crippen LogP) is 2.41. The summed E-state index contributed by atoms with van der Waals surface area (Å²) in [6, 6.07) is 0. The molecule has 3 heterocycles. The Morgan fingerprint density at radius 1 is 1.27 bits per heavy atom. The summed E-state index contributed by atoms with van der Waals surface area (Å²) >= 11 is 0. The fourth-order valence-corrected chi connectivity index (χ4v) is 4.15. The highest BCUT2D eigenvalue weighted by atomic mass is 16.5. The average molecular weight is 305 g/mol. The van der Waals surface area contributed by atoms with Gasteiger partial charge in [-0.2, -0.15) is 5.10 Å². The summed E-state index contributed by atoms with van der Waals surface area (Å²) in [7, 11) is 0. The standard InChI is InChI=1S/C17H27N3O2/c1-11(16-12(2)18-19-13(16)3)17(21)20-7-4-15(10-20)14-5-8-22-9-6-14/h11,14-15H,4-10H2,1-3H3,(H,18,19). The number of aromatic nitrogens is 2. The molecule has 1 aromatic rings. The van der Waals surface area contributed by atoms with Crippen LogP contribution < -0.4 is 0 Å². The van der Waals surface area contributed by atoms with Crippen LogP contribution in [0.5, 0.6) is 0 Å². The van der Waals surface area contributed by atoms with E-state index >= 15 is 0 Å². The van der Waals surface area contributed by atoms with E-state index in [1.807, 2.05) is 20.8 Å². The third-order valence-corrected chi connectivity index (χ3v) is 5.46. The first-order valence-electron chi connectivity index (χ1n) is 8.46. The molecule has 0 bridgehead atoms. The maximum atomic E-state index is 12.8. The number of aryl methyl sites for hydroxylation is 2. The number of carbonyl (C=O) groups is 1. The van der Waals surface area contributed by atoms with E-state index in [0.717, 1.165) is 68.4 Å². The summed E-state index contributed by atoms with van der Waals surface area (Å²) in [5, 5.41) is 7.21. The van der Waals surface area contributed by atoms with E-state index in [4.69, 9.17) is 4.74 Å². The van der Waals surface area contributed by atoms with Crippen molar-refractivity contribution in [3.63, 3.8) is 0 Å². The van der Waals surface area contributed by atoms with Crippen molar-refractivity contribution in [3.05, 3.63) is 17.0 Å². The molecule has 2 aliphatic rings. The predicted molar refractivity (Wildman–Crippen MR) is 84.7 cm³/mol. The van der Waals surface area contributed by atoms with Crippen molar-refractivity contribution in [1.82, 2.24) is 15.1 Å². The van der Waals surface area contributed by atoms with Gasteiger partial charge in [0.1, 0.15) is 0 Å². The van der Waals surface area contributed by atoms with Crippen molar-refractivity contribution in [3.8, 4) is 0 Å². The molecule has 22 heavy (non-hydrogen) atoms. The van der Waals surface area contributed by atoms with Gasteiger partial charge in [0.25, 0.3) is 0 Å². The first-order chi connectivity index (χ1) is 10.6. The number of rotatable bonds is 3. The molecule has 0 radical (unpaired) electrons. The minimum atomic E-state index is -0.104. The summed E-state index contributed by atoms with van der Waals surface area (Å²) < 4.78 is 5.46. The number of hydrogen-bond donors (Lipinski definition) is 1. The molecule has 1 N–H and O–H groups in total. The highest BCUT2D eigenvalue weighted by Gasteiger charge is 2.35. The molecule has 2 saturated heterocycles. The number of H-pyrrole nitrogens is 1. The Morgan fingerprint density at radius 3 is 2.64 bits per heavy atom. The second-order valence-corrected chi connectivity index (χ2v) is 6.85. The second kappa shape index (κ2) is 6.41. The Labute approximate surface area is 132 Å². The average Bonchev–Trinajstić information content (AvgIpc) is 3.14. The number of carbonyl (C=O) groups excluding carboxylic acids is 1. The van der Waals surface area contributed by atoms with E-state index in [-0.39, 0.29) is 11.8 Å². The molecule has 2 unspecified atom stereocenters. The lowest BCUT2D eigenvalue weighted by molar-refractivity contribution is -0.131. The molecule has 1 amide bonds. The van der Waals surface area contributed by atoms with Crippen LogP contribution in [0.1, 0.15) is 49.1 Å². The van der Waals surface area contributed by atoms with Gasteiger partial charge in [-0.3, -0.25) is 9.89 Å². The van der Waals surface area contributed by atoms with Crippen molar-refractivity contribution >= 4 is 5.91 Å². The van der Waals surface area contributed by atoms with Gasteiger partial charge in [-0.05, 0) is 51.9 Å². The molecular formula is C17H27N3O2. The number of ether oxygens (including phenoxy) is 1. The van der Waals surface area contributed by atoms with Gasteiger partial charge in [-0.15, -0.1) is 0 Å². The van der Waals surface area contributed by atoms with Crippen molar-refractivity contribution in [2.45, 2.75) is 46.0 Å². The van der Waals surface area contributed by atoms with Crippen molar-refractivity contribution < 1.29 is 9.53 Å². The van der Waals surface area contributed by atoms with Crippen LogP contribution in [0.15, 0.2) is 0 Å². The highest BCUT2D eigenvalue weighted by Crippen LogP contribution is 2.33. The first-order valence-corrected chi connectivity index (χ1v) is 8.46. The van der Waals surface area contributed by atoms with E-state index in [0.29, 0.717) is 5.92 Å². The van der Waals surface area contributed by atoms with Gasteiger partial charge < -0.3 is 9.64 Å². The van der Waals surface area contributed by atoms with Gasteiger partial charge in [-0.1, -0.05) is 0 Å². The summed E-state index contributed by atoms with van der Waals surface area (Å²) in [4.78, 5) is 14.9. The second-order valence-electron chi connectivity index (χ2n) is 6.85. The molecule has 5 nitrogen and oxygen atoms in total. The van der Waals surface area contributed by atoms with Crippen molar-refractivity contribution in [1.29, 1.82) is 0 Å². The molecule has 0 saturated carbocycles. The maximum Gasteiger partial charge on any atom is 0.229 e. The molecule has 3 rings (SSSR count). The Balaban J connectivity index is 1.63. The Kier molecular flexibility index (Phi) is 4.52. The molecule has 5 heteroatoms. The minimum Gasteiger partial charge on any atom is -0.381 e. The number of nitrogens with zero attached hydrogens (tertiary/aromatic N) is 2. The molecule has 0 spiro atoms. The van der Waals surface area contributed by atoms with E-state index < -0.39 is 0 Å². The minimum absolute atomic E-state index is 0.104. The fraction of sp³-hybridized carbons (Fsp3) is 0.765. The lowest BCUT2D eigenvalue weighted by atomic mass is 9.85. The van der Waals surface area contributed by atoms with E-state index in [1.54, 1.807) is 0 Å². The third-order valence-electron chi connectivity index (χ3n) is 5.46. The quantitative estimate of drug-likeness (QED) is 0.933. The largest absolute Gasteiger partial charge is 0.381 e. The molecule has 0 aromatic carbocycles. The molecule has 2 atom stereocenters. The zero-order valence-electron chi connectivity index (χ0n) is 13.9. The van der Waals surface area contributed by atoms with Gasteiger partial charge >= 0.3 is 0 Å². The van der Waals surface area contributed by atoms with Crippen LogP contribution in [0, 0.1) is 25.7 Å². The van der Waals surface area contributed by atoms with E-state index in [2.05, 4.69) is 15.1 Å². The van der Waals surface area contributed by atoms with Crippen LogP contribution in [-0.2, 0) is 9.53 Å². The van der Waals surface area contributed by atoms with Crippen molar-refractivity contribution in [2.75, 3.05) is 26.3 Å². The monoisotopic (exact) mass is 305 g/mol. The summed E-state index contributed by atoms with van der Waals surface area (Å²) in [6.07, 6.45) is 3.46. The smallest absolute Gasteiger partial charge is 0.229 e. The van der Waals surface area contributed by atoms with Crippen molar-refractivity contribution in [2.24, 2.45) is 11.8 Å². The van der Waals surface area contributed by atoms with Gasteiger partial charge in [0.2, 0.25) is 5.91 Å². The molecule has 2 fully saturated rings. The zero-order chi connectivity index (χ0) is 15.7. The van der Waals surface area contributed by atoms with Crippen LogP contribution >= 0.6 is 0 Å². The summed E-state index contributed by atoms with van der Waals surface area (Å²) in [5.41, 5.74) is 3.02. The fourth-order valence-electron chi connectivity index (χ4n) is 4.15. The number of hydrogen-bond acceptors (Lipinski definition) is 3. The summed E-state index contributed by atoms with van der Waals surface area (Å²) in [6.45, 7) is 9.57. The lowest BCUT2D eigenvalue weighted by Crippen LogP contribution is -2.34. The molecule has 0 aliphatic carbocycles. The zero-order valence-corrected chi connectivity index (χ0v) is 13.9. The normalized spacial score (nSPS) is 24.7. The number of nitrogens with one attached hydrogen (secondary N) is 1. The van der Waals surface area contributed by atoms with Gasteiger partial charge in [-0.25, -0.2) is 0 Å².